The zero-order chi connectivity index (χ0) is 18.3. The highest BCUT2D eigenvalue weighted by molar-refractivity contribution is 9.10. The predicted octanol–water partition coefficient (Wildman–Crippen LogP) is 4.40. The maximum Gasteiger partial charge on any atom is 0.410 e. The molecular formula is C17H25BrN2O4. The van der Waals surface area contributed by atoms with E-state index < -0.39 is 17.8 Å². The van der Waals surface area contributed by atoms with Crippen LogP contribution in [0.15, 0.2) is 28.7 Å². The molecule has 2 N–H and O–H groups in total. The van der Waals surface area contributed by atoms with E-state index in [4.69, 9.17) is 9.84 Å². The standard InChI is InChI=1S/C17H25BrN2O4/c1-12(13-6-8-14(18)9-7-13)20(11-5-10-19-15(21)22)16(23)24-17(2,3)4/h6-9,12,19H,5,10-11H2,1-4H3,(H,21,22). The number of halogens is 1. The van der Waals surface area contributed by atoms with Crippen LogP contribution >= 0.6 is 15.9 Å². The number of carbonyl (C=O) groups excluding carboxylic acids is 1. The van der Waals surface area contributed by atoms with Crippen LogP contribution in [0, 0.1) is 0 Å². The van der Waals surface area contributed by atoms with Crippen LogP contribution in [0.3, 0.4) is 0 Å². The Morgan fingerprint density at radius 1 is 1.29 bits per heavy atom. The van der Waals surface area contributed by atoms with Gasteiger partial charge in [0.25, 0.3) is 0 Å². The van der Waals surface area contributed by atoms with E-state index in [-0.39, 0.29) is 12.6 Å². The number of nitrogens with zero attached hydrogens (tertiary/aromatic N) is 1. The van der Waals surface area contributed by atoms with Gasteiger partial charge in [-0.3, -0.25) is 0 Å². The zero-order valence-electron chi connectivity index (χ0n) is 14.5. The summed E-state index contributed by atoms with van der Waals surface area (Å²) < 4.78 is 6.45. The van der Waals surface area contributed by atoms with Gasteiger partial charge in [-0.25, -0.2) is 9.59 Å². The first-order valence-electron chi connectivity index (χ1n) is 7.82. The summed E-state index contributed by atoms with van der Waals surface area (Å²) in [5.41, 5.74) is 0.393. The van der Waals surface area contributed by atoms with Crippen molar-refractivity contribution in [3.8, 4) is 0 Å². The SMILES string of the molecule is CC(c1ccc(Br)cc1)N(CCCNC(=O)O)C(=O)OC(C)(C)C. The molecule has 1 atom stereocenters. The van der Waals surface area contributed by atoms with E-state index in [2.05, 4.69) is 21.2 Å². The molecule has 0 bridgehead atoms. The molecule has 134 valence electrons. The summed E-state index contributed by atoms with van der Waals surface area (Å²) in [6.07, 6.45) is -0.972. The molecule has 0 aliphatic heterocycles. The second kappa shape index (κ2) is 8.92. The number of rotatable bonds is 6. The number of nitrogens with one attached hydrogen (secondary N) is 1. The van der Waals surface area contributed by atoms with Gasteiger partial charge in [0, 0.05) is 17.6 Å². The van der Waals surface area contributed by atoms with Gasteiger partial charge < -0.3 is 20.1 Å². The van der Waals surface area contributed by atoms with Gasteiger partial charge in [-0.1, -0.05) is 28.1 Å². The first kappa shape index (κ1) is 20.3. The molecule has 0 heterocycles. The van der Waals surface area contributed by atoms with Crippen molar-refractivity contribution in [3.63, 3.8) is 0 Å². The molecule has 2 amide bonds. The Kier molecular flexibility index (Phi) is 7.54. The third-order valence-corrected chi connectivity index (χ3v) is 3.83. The van der Waals surface area contributed by atoms with Gasteiger partial charge in [0.05, 0.1) is 6.04 Å². The lowest BCUT2D eigenvalue weighted by atomic mass is 10.1. The minimum absolute atomic E-state index is 0.183. The van der Waals surface area contributed by atoms with Crippen molar-refractivity contribution in [2.45, 2.75) is 45.8 Å². The molecule has 0 aliphatic rings. The third kappa shape index (κ3) is 7.21. The monoisotopic (exact) mass is 400 g/mol. The Labute approximate surface area is 151 Å². The first-order chi connectivity index (χ1) is 11.1. The molecule has 0 aromatic heterocycles. The van der Waals surface area contributed by atoms with Gasteiger partial charge >= 0.3 is 12.2 Å². The molecule has 0 spiro atoms. The van der Waals surface area contributed by atoms with E-state index in [1.807, 2.05) is 52.0 Å². The summed E-state index contributed by atoms with van der Waals surface area (Å²) in [5.74, 6) is 0. The van der Waals surface area contributed by atoms with E-state index in [1.54, 1.807) is 4.90 Å². The van der Waals surface area contributed by atoms with Gasteiger partial charge in [0.2, 0.25) is 0 Å². The molecule has 0 fully saturated rings. The van der Waals surface area contributed by atoms with E-state index in [0.717, 1.165) is 10.0 Å². The topological polar surface area (TPSA) is 78.9 Å². The highest BCUT2D eigenvalue weighted by Gasteiger charge is 2.26. The molecule has 6 nitrogen and oxygen atoms in total. The van der Waals surface area contributed by atoms with Crippen LogP contribution in [-0.4, -0.2) is 40.9 Å². The number of carbonyl (C=O) groups is 2. The number of ether oxygens (including phenoxy) is 1. The van der Waals surface area contributed by atoms with Gasteiger partial charge in [0.15, 0.2) is 0 Å². The maximum atomic E-state index is 12.5. The number of hydrogen-bond acceptors (Lipinski definition) is 3. The highest BCUT2D eigenvalue weighted by atomic mass is 79.9. The van der Waals surface area contributed by atoms with Crippen LogP contribution in [0.4, 0.5) is 9.59 Å². The lowest BCUT2D eigenvalue weighted by Crippen LogP contribution is -2.40. The average Bonchev–Trinajstić information content (AvgIpc) is 2.45. The van der Waals surface area contributed by atoms with Crippen LogP contribution in [0.25, 0.3) is 0 Å². The Hall–Kier alpha value is -1.76. The van der Waals surface area contributed by atoms with Crippen LogP contribution in [-0.2, 0) is 4.74 Å². The Morgan fingerprint density at radius 2 is 1.88 bits per heavy atom. The number of hydrogen-bond donors (Lipinski definition) is 2. The van der Waals surface area contributed by atoms with Crippen molar-refractivity contribution in [1.82, 2.24) is 10.2 Å². The number of carboxylic acid groups (broad SMARTS) is 1. The van der Waals surface area contributed by atoms with Gasteiger partial charge in [0.1, 0.15) is 5.60 Å². The second-order valence-corrected chi connectivity index (χ2v) is 7.40. The molecule has 1 unspecified atom stereocenters. The van der Waals surface area contributed by atoms with Crippen molar-refractivity contribution >= 4 is 28.1 Å². The van der Waals surface area contributed by atoms with E-state index >= 15 is 0 Å². The van der Waals surface area contributed by atoms with Crippen LogP contribution in [0.2, 0.25) is 0 Å². The summed E-state index contributed by atoms with van der Waals surface area (Å²) in [6.45, 7) is 8.06. The summed E-state index contributed by atoms with van der Waals surface area (Å²) in [7, 11) is 0. The minimum atomic E-state index is -1.07. The van der Waals surface area contributed by atoms with Crippen molar-refractivity contribution in [2.24, 2.45) is 0 Å². The van der Waals surface area contributed by atoms with Gasteiger partial charge in [-0.15, -0.1) is 0 Å². The summed E-state index contributed by atoms with van der Waals surface area (Å²) in [4.78, 5) is 24.7. The fourth-order valence-electron chi connectivity index (χ4n) is 2.13. The van der Waals surface area contributed by atoms with Crippen molar-refractivity contribution in [1.29, 1.82) is 0 Å². The molecular weight excluding hydrogens is 376 g/mol. The van der Waals surface area contributed by atoms with Gasteiger partial charge in [-0.2, -0.15) is 0 Å². The number of amides is 2. The maximum absolute atomic E-state index is 12.5. The smallest absolute Gasteiger partial charge is 0.410 e. The molecule has 1 rings (SSSR count). The largest absolute Gasteiger partial charge is 0.465 e. The first-order valence-corrected chi connectivity index (χ1v) is 8.61. The van der Waals surface area contributed by atoms with Crippen LogP contribution < -0.4 is 5.32 Å². The molecule has 7 heteroatoms. The summed E-state index contributed by atoms with van der Waals surface area (Å²) in [6, 6.07) is 7.55. The van der Waals surface area contributed by atoms with Crippen molar-refractivity contribution in [2.75, 3.05) is 13.1 Å². The van der Waals surface area contributed by atoms with Crippen molar-refractivity contribution in [3.05, 3.63) is 34.3 Å². The highest BCUT2D eigenvalue weighted by Crippen LogP contribution is 2.24. The number of benzene rings is 1. The lowest BCUT2D eigenvalue weighted by molar-refractivity contribution is 0.0171. The average molecular weight is 401 g/mol. The molecule has 0 radical (unpaired) electrons. The molecule has 0 saturated heterocycles. The molecule has 1 aromatic rings. The van der Waals surface area contributed by atoms with E-state index in [9.17, 15) is 9.59 Å². The quantitative estimate of drug-likeness (QED) is 0.693. The van der Waals surface area contributed by atoms with Crippen molar-refractivity contribution < 1.29 is 19.4 Å². The predicted molar refractivity (Wildman–Crippen MR) is 96.1 cm³/mol. The Morgan fingerprint density at radius 3 is 2.38 bits per heavy atom. The van der Waals surface area contributed by atoms with Gasteiger partial charge in [-0.05, 0) is 51.8 Å². The minimum Gasteiger partial charge on any atom is -0.465 e. The summed E-state index contributed by atoms with van der Waals surface area (Å²) >= 11 is 3.40. The fraction of sp³-hybridized carbons (Fsp3) is 0.529. The normalized spacial score (nSPS) is 12.4. The Bertz CT molecular complexity index is 555. The van der Waals surface area contributed by atoms with E-state index in [1.165, 1.54) is 0 Å². The molecule has 24 heavy (non-hydrogen) atoms. The zero-order valence-corrected chi connectivity index (χ0v) is 16.1. The molecule has 0 aliphatic carbocycles. The molecule has 0 saturated carbocycles. The molecule has 1 aromatic carbocycles. The van der Waals surface area contributed by atoms with E-state index in [0.29, 0.717) is 13.0 Å². The third-order valence-electron chi connectivity index (χ3n) is 3.30. The fourth-order valence-corrected chi connectivity index (χ4v) is 2.39. The lowest BCUT2D eigenvalue weighted by Gasteiger charge is -2.32. The second-order valence-electron chi connectivity index (χ2n) is 6.49. The Balaban J connectivity index is 2.84. The van der Waals surface area contributed by atoms with Crippen LogP contribution in [0.1, 0.15) is 45.7 Å². The summed E-state index contributed by atoms with van der Waals surface area (Å²) in [5, 5.41) is 10.9. The van der Waals surface area contributed by atoms with Crippen LogP contribution in [0.5, 0.6) is 0 Å².